The molecule has 1 fully saturated rings. The van der Waals surface area contributed by atoms with E-state index in [9.17, 15) is 53.1 Å². The van der Waals surface area contributed by atoms with Crippen molar-refractivity contribution in [2.24, 2.45) is 5.92 Å². The van der Waals surface area contributed by atoms with Crippen LogP contribution in [0, 0.1) is 18.7 Å². The van der Waals surface area contributed by atoms with Gasteiger partial charge in [0.2, 0.25) is 35.4 Å². The van der Waals surface area contributed by atoms with Crippen LogP contribution in [-0.4, -0.2) is 118 Å². The number of esters is 1. The van der Waals surface area contributed by atoms with Gasteiger partial charge < -0.3 is 51.0 Å². The van der Waals surface area contributed by atoms with Crippen molar-refractivity contribution < 1.29 is 62.1 Å². The number of benzene rings is 2. The van der Waals surface area contributed by atoms with E-state index in [4.69, 9.17) is 14.5 Å². The van der Waals surface area contributed by atoms with Crippen molar-refractivity contribution in [2.75, 3.05) is 32.9 Å². The Morgan fingerprint density at radius 1 is 0.883 bits per heavy atom. The normalized spacial score (nSPS) is 20.0. The summed E-state index contributed by atoms with van der Waals surface area (Å²) in [7, 11) is 0. The highest BCUT2D eigenvalue weighted by Crippen LogP contribution is 2.46. The summed E-state index contributed by atoms with van der Waals surface area (Å²) in [6, 6.07) is 10.1. The maximum atomic E-state index is 15.4. The van der Waals surface area contributed by atoms with Crippen molar-refractivity contribution in [3.05, 3.63) is 110 Å². The second kappa shape index (κ2) is 22.6. The lowest BCUT2D eigenvalue weighted by Gasteiger charge is -2.36. The summed E-state index contributed by atoms with van der Waals surface area (Å²) in [4.78, 5) is 134. The van der Waals surface area contributed by atoms with Crippen molar-refractivity contribution >= 4 is 64.1 Å². The molecule has 0 radical (unpaired) electrons. The molecule has 0 saturated heterocycles. The van der Waals surface area contributed by atoms with Crippen molar-refractivity contribution in [3.8, 4) is 11.4 Å². The number of imide groups is 1. The van der Waals surface area contributed by atoms with Gasteiger partial charge in [0, 0.05) is 60.0 Å². The summed E-state index contributed by atoms with van der Waals surface area (Å²) in [5.41, 5.74) is 2.34. The number of rotatable bonds is 21. The third-order valence-electron chi connectivity index (χ3n) is 14.9. The van der Waals surface area contributed by atoms with E-state index in [-0.39, 0.29) is 68.8 Å². The first-order chi connectivity index (χ1) is 36.9. The molecule has 4 aromatic rings. The summed E-state index contributed by atoms with van der Waals surface area (Å²) < 4.78 is 28.0. The fourth-order valence-corrected chi connectivity index (χ4v) is 10.5. The molecular weight excluding hydrogens is 1000 g/mol. The van der Waals surface area contributed by atoms with Gasteiger partial charge in [-0.25, -0.2) is 14.2 Å². The fraction of sp³-hybridized carbons (Fsp3) is 0.426. The Morgan fingerprint density at radius 2 is 1.58 bits per heavy atom. The van der Waals surface area contributed by atoms with Crippen LogP contribution in [0.2, 0.25) is 0 Å². The number of amides is 8. The van der Waals surface area contributed by atoms with E-state index in [1.165, 1.54) is 22.8 Å². The number of nitrogens with one attached hydrogen (secondary N) is 6. The zero-order valence-corrected chi connectivity index (χ0v) is 42.4. The van der Waals surface area contributed by atoms with Gasteiger partial charge in [0.1, 0.15) is 25.2 Å². The highest BCUT2D eigenvalue weighted by atomic mass is 19.1. The zero-order valence-electron chi connectivity index (χ0n) is 42.4. The van der Waals surface area contributed by atoms with E-state index in [0.717, 1.165) is 16.0 Å². The first-order valence-corrected chi connectivity index (χ1v) is 25.6. The van der Waals surface area contributed by atoms with E-state index >= 15 is 4.39 Å². The molecule has 404 valence electrons. The number of hydrogen-bond donors (Lipinski definition) is 7. The van der Waals surface area contributed by atoms with Crippen molar-refractivity contribution in [1.82, 2.24) is 46.4 Å². The van der Waals surface area contributed by atoms with Gasteiger partial charge in [0.25, 0.3) is 17.4 Å². The lowest BCUT2D eigenvalue weighted by Crippen LogP contribution is -2.52. The van der Waals surface area contributed by atoms with Crippen LogP contribution in [-0.2, 0) is 84.2 Å². The maximum Gasteiger partial charge on any atom is 0.343 e. The van der Waals surface area contributed by atoms with Gasteiger partial charge in [0.15, 0.2) is 5.60 Å². The molecule has 2 aromatic heterocycles. The van der Waals surface area contributed by atoms with Crippen molar-refractivity contribution in [2.45, 2.75) is 109 Å². The molecule has 0 unspecified atom stereocenters. The molecule has 5 aliphatic rings. The molecule has 0 bridgehead atoms. The Bertz CT molecular complexity index is 3190. The standard InChI is InChI=1S/C54H58FN9O13/c1-3-54(75)35-20-40-49-33(25-64(40)52(73)34(35)26-76-53(54)74)48-37(13-12-32-28(2)36(55)21-38(61-49)47(32)48)62-50(71)30-18-31(19-30)77-27-59-43(67)23-58-51(72)39(17-29-9-5-4-6-10-29)60-44(68)24-57-42(66)22-56-41(65)11-7-8-16-63-45(69)14-15-46(63)70/h4-6,9-10,14-15,20-21,30-31,37,39,75H,3,7-8,11-13,16-19,22-27H2,1-2H3,(H,56,65)(H,57,66)(H,58,72)(H,59,67)(H,60,68)(H,62,71)/t30-,31-,37-,39-,54-/m0/s1. The smallest absolute Gasteiger partial charge is 0.343 e. The Kier molecular flexibility index (Phi) is 15.7. The van der Waals surface area contributed by atoms with Gasteiger partial charge in [-0.3, -0.25) is 48.1 Å². The zero-order chi connectivity index (χ0) is 54.7. The summed E-state index contributed by atoms with van der Waals surface area (Å²) in [6.45, 7) is 1.69. The molecule has 9 rings (SSSR count). The van der Waals surface area contributed by atoms with Gasteiger partial charge in [-0.05, 0) is 80.2 Å². The van der Waals surface area contributed by atoms with Crippen molar-refractivity contribution in [1.29, 1.82) is 0 Å². The fourth-order valence-electron chi connectivity index (χ4n) is 10.5. The number of ether oxygens (including phenoxy) is 2. The number of aryl methyl sites for hydroxylation is 1. The third kappa shape index (κ3) is 11.2. The number of pyridine rings is 2. The molecule has 2 aliphatic carbocycles. The molecule has 3 atom stereocenters. The number of nitrogens with zero attached hydrogens (tertiary/aromatic N) is 3. The minimum atomic E-state index is -2.03. The molecule has 5 heterocycles. The number of carbonyl (C=O) groups excluding carboxylic acids is 9. The van der Waals surface area contributed by atoms with Crippen LogP contribution in [0.25, 0.3) is 22.3 Å². The topological polar surface area (TPSA) is 303 Å². The Labute approximate surface area is 439 Å². The minimum Gasteiger partial charge on any atom is -0.458 e. The number of fused-ring (bicyclic) bond motifs is 5. The first-order valence-electron chi connectivity index (χ1n) is 25.6. The van der Waals surface area contributed by atoms with E-state index < -0.39 is 102 Å². The molecule has 3 aliphatic heterocycles. The Morgan fingerprint density at radius 3 is 2.32 bits per heavy atom. The van der Waals surface area contributed by atoms with Crippen LogP contribution >= 0.6 is 0 Å². The molecule has 0 spiro atoms. The minimum absolute atomic E-state index is 0.0317. The SMILES string of the molecule is CC[C@@]1(O)C(=O)OCc2c1cc1n(c2=O)Cc2c-1nc1cc(F)c(C)c3c1c2[C@@H](NC(=O)[C@H]1C[C@H](OCNC(=O)CNC(=O)[C@H](Cc2ccccc2)NC(=O)CNC(=O)CNC(=O)CCCCN2C(=O)C=CC2=O)C1)CC3. The largest absolute Gasteiger partial charge is 0.458 e. The van der Waals surface area contributed by atoms with Gasteiger partial charge in [-0.15, -0.1) is 0 Å². The maximum absolute atomic E-state index is 15.4. The predicted molar refractivity (Wildman–Crippen MR) is 270 cm³/mol. The lowest BCUT2D eigenvalue weighted by atomic mass is 9.79. The average Bonchev–Trinajstić information content (AvgIpc) is 4.19. The van der Waals surface area contributed by atoms with E-state index in [1.54, 1.807) is 50.2 Å². The second-order valence-electron chi connectivity index (χ2n) is 19.8. The second-order valence-corrected chi connectivity index (χ2v) is 19.8. The Hall–Kier alpha value is -8.18. The summed E-state index contributed by atoms with van der Waals surface area (Å²) in [6.07, 6.45) is 4.46. The van der Waals surface area contributed by atoms with E-state index in [1.807, 2.05) is 0 Å². The van der Waals surface area contributed by atoms with Crippen LogP contribution in [0.15, 0.2) is 59.4 Å². The monoisotopic (exact) mass is 1060 g/mol. The highest BCUT2D eigenvalue weighted by molar-refractivity contribution is 6.12. The predicted octanol–water partition coefficient (Wildman–Crippen LogP) is 0.671. The van der Waals surface area contributed by atoms with Gasteiger partial charge in [0.05, 0.1) is 60.8 Å². The number of hydrogen-bond acceptors (Lipinski definition) is 14. The quantitative estimate of drug-likeness (QED) is 0.0230. The summed E-state index contributed by atoms with van der Waals surface area (Å²) in [5.74, 6) is -5.81. The molecular formula is C54H58FN9O13. The molecule has 77 heavy (non-hydrogen) atoms. The number of unbranched alkanes of at least 4 members (excludes halogenated alkanes) is 1. The van der Waals surface area contributed by atoms with Gasteiger partial charge >= 0.3 is 5.97 Å². The number of carbonyl (C=O) groups is 9. The summed E-state index contributed by atoms with van der Waals surface area (Å²) >= 11 is 0. The number of aliphatic hydroxyl groups is 1. The van der Waals surface area contributed by atoms with E-state index in [2.05, 4.69) is 31.9 Å². The van der Waals surface area contributed by atoms with Gasteiger partial charge in [-0.1, -0.05) is 37.3 Å². The van der Waals surface area contributed by atoms with E-state index in [0.29, 0.717) is 77.5 Å². The van der Waals surface area contributed by atoms with Crippen LogP contribution < -0.4 is 37.5 Å². The van der Waals surface area contributed by atoms with Crippen LogP contribution in [0.4, 0.5) is 4.39 Å². The Balaban J connectivity index is 0.733. The number of aromatic nitrogens is 2. The molecule has 2 aromatic carbocycles. The molecule has 23 heteroatoms. The third-order valence-corrected chi connectivity index (χ3v) is 14.9. The van der Waals surface area contributed by atoms with Crippen LogP contribution in [0.5, 0.6) is 0 Å². The highest BCUT2D eigenvalue weighted by Gasteiger charge is 2.46. The molecule has 7 N–H and O–H groups in total. The van der Waals surface area contributed by atoms with Crippen LogP contribution in [0.1, 0.15) is 96.9 Å². The molecule has 1 saturated carbocycles. The number of cyclic esters (lactones) is 1. The van der Waals surface area contributed by atoms with Crippen molar-refractivity contribution in [3.63, 3.8) is 0 Å². The summed E-state index contributed by atoms with van der Waals surface area (Å²) in [5, 5.41) is 27.8. The molecule has 8 amide bonds. The van der Waals surface area contributed by atoms with Crippen LogP contribution in [0.3, 0.4) is 0 Å². The average molecular weight is 1060 g/mol. The molecule has 22 nitrogen and oxygen atoms in total. The van der Waals surface area contributed by atoms with Gasteiger partial charge in [-0.2, -0.15) is 0 Å². The lowest BCUT2D eigenvalue weighted by molar-refractivity contribution is -0.172. The number of halogens is 1. The first kappa shape index (κ1) is 53.6.